The van der Waals surface area contributed by atoms with Gasteiger partial charge >= 0.3 is 0 Å². The SMILES string of the molecule is CC.CNc1ccc(Nc2ccc(C=c3ccc(=Cc4ccc(Nc5ccc(C(CC(CC(C)c6ccc(S(=O)(=O)O)cc6)c6ccc(S(=O)(=O)O)cc6)CC(CC(CC(CC(C)c6ccc(S(=O)(=O)O)cc6)c6ccc(S(=O)(=O)O)cc6)c6ccc(S(=O)(=O)[O-])cc6)c6ccc(S(=O)(=O)[O-])cc6)cc5)cc4)cc3)cc2)cc1. The van der Waals surface area contributed by atoms with Crippen molar-refractivity contribution in [1.82, 2.24) is 0 Å². The molecule has 0 saturated heterocycles. The van der Waals surface area contributed by atoms with E-state index in [9.17, 15) is 77.8 Å². The summed E-state index contributed by atoms with van der Waals surface area (Å²) >= 11 is 0. The van der Waals surface area contributed by atoms with Gasteiger partial charge in [-0.15, -0.1) is 0 Å². The van der Waals surface area contributed by atoms with E-state index in [0.29, 0.717) is 58.3 Å². The molecule has 0 spiro atoms. The van der Waals surface area contributed by atoms with Gasteiger partial charge in [0.15, 0.2) is 0 Å². The Morgan fingerprint density at radius 3 is 0.699 bits per heavy atom. The van der Waals surface area contributed by atoms with Gasteiger partial charge in [-0.25, -0.2) is 16.8 Å². The van der Waals surface area contributed by atoms with Crippen molar-refractivity contribution in [2.45, 2.75) is 137 Å². The van der Waals surface area contributed by atoms with Crippen molar-refractivity contribution in [3.63, 3.8) is 0 Å². The number of hydrogen-bond donors (Lipinski definition) is 7. The highest BCUT2D eigenvalue weighted by Gasteiger charge is 2.32. The minimum Gasteiger partial charge on any atom is -0.744 e. The molecule has 0 aromatic heterocycles. The molecule has 11 rings (SSSR count). The van der Waals surface area contributed by atoms with Gasteiger partial charge in [-0.1, -0.05) is 161 Å². The summed E-state index contributed by atoms with van der Waals surface area (Å²) in [6.45, 7) is 7.81. The van der Waals surface area contributed by atoms with E-state index in [4.69, 9.17) is 0 Å². The summed E-state index contributed by atoms with van der Waals surface area (Å²) < 4.78 is 214. The Morgan fingerprint density at radius 1 is 0.274 bits per heavy atom. The largest absolute Gasteiger partial charge is 0.744 e. The Balaban J connectivity index is 0.00000671. The van der Waals surface area contributed by atoms with Crippen molar-refractivity contribution in [3.05, 3.63) is 327 Å². The van der Waals surface area contributed by atoms with Crippen LogP contribution in [0.4, 0.5) is 28.4 Å². The third-order valence-electron chi connectivity index (χ3n) is 20.2. The van der Waals surface area contributed by atoms with E-state index in [1.807, 2.05) is 120 Å². The van der Waals surface area contributed by atoms with Crippen molar-refractivity contribution in [2.75, 3.05) is 23.0 Å². The predicted molar refractivity (Wildman–Crippen MR) is 438 cm³/mol. The smallest absolute Gasteiger partial charge is 0.294 e. The first-order chi connectivity index (χ1) is 53.5. The highest BCUT2D eigenvalue weighted by molar-refractivity contribution is 7.87. The molecule has 113 heavy (non-hydrogen) atoms. The first-order valence-corrected chi connectivity index (χ1v) is 44.9. The Morgan fingerprint density at radius 2 is 0.469 bits per heavy atom. The second-order valence-electron chi connectivity index (χ2n) is 27.8. The highest BCUT2D eigenvalue weighted by atomic mass is 32.2. The summed E-state index contributed by atoms with van der Waals surface area (Å²) in [6, 6.07) is 73.8. The number of rotatable bonds is 32. The van der Waals surface area contributed by atoms with Crippen LogP contribution in [0.5, 0.6) is 0 Å². The lowest BCUT2D eigenvalue weighted by Gasteiger charge is -2.33. The zero-order valence-electron chi connectivity index (χ0n) is 62.3. The molecular formula is C86H87N3O18S6-2. The van der Waals surface area contributed by atoms with E-state index in [1.54, 1.807) is 60.7 Å². The van der Waals surface area contributed by atoms with Crippen LogP contribution >= 0.6 is 0 Å². The Hall–Kier alpha value is -9.98. The molecule has 7 unspecified atom stereocenters. The van der Waals surface area contributed by atoms with Gasteiger partial charge in [-0.05, 0) is 286 Å². The molecule has 0 aliphatic rings. The molecule has 0 aliphatic heterocycles. The third-order valence-corrected chi connectivity index (χ3v) is 25.4. The Kier molecular flexibility index (Phi) is 27.9. The van der Waals surface area contributed by atoms with Gasteiger partial charge < -0.3 is 25.1 Å². The quantitative estimate of drug-likeness (QED) is 0.0193. The van der Waals surface area contributed by atoms with Crippen LogP contribution in [0.1, 0.15) is 158 Å². The molecule has 0 aliphatic carbocycles. The van der Waals surface area contributed by atoms with Gasteiger partial charge in [0.05, 0.1) is 29.4 Å². The fourth-order valence-corrected chi connectivity index (χ4v) is 17.1. The standard InChI is InChI=1S/C84H83N3O18S6.C2H6/c1-56(62-14-36-79(37-15-62)106(88,89)90)48-69(65-18-40-81(41-19-65)108(94,95)96)52-71(64-12-30-77(31-13-64)86-75-26-8-60(9-27-75)50-58-4-6-59(7-5-58)51-61-10-28-76(29-11-61)87-78-34-32-74(85-3)33-35-78)54-73(68-24-46-84(47-25-68)111(103,104)105)55-72(67-22-44-83(45-23-67)110(100,101)102)53-70(66-20-42-82(43-21-66)109(97,98)99)49-57(2)63-16-38-80(39-17-63)107(91,92)93;1-2/h4-47,50-51,56-57,69-73,85-87H,48-49,52-55H2,1-3H3,(H,88,89,90)(H,91,92,93)(H,94,95,96)(H,97,98,99)(H,100,101,102)(H,103,104,105);1-2H3/p-2. The summed E-state index contributed by atoms with van der Waals surface area (Å²) in [5.41, 5.74) is 10.9. The predicted octanol–water partition coefficient (Wildman–Crippen LogP) is 16.9. The Bertz CT molecular complexity index is 5910. The van der Waals surface area contributed by atoms with Crippen LogP contribution in [0.3, 0.4) is 0 Å². The number of benzene rings is 11. The first-order valence-electron chi connectivity index (χ1n) is 36.3. The van der Waals surface area contributed by atoms with E-state index in [2.05, 4.69) is 64.5 Å². The molecule has 11 aromatic rings. The van der Waals surface area contributed by atoms with Crippen LogP contribution in [0.25, 0.3) is 12.2 Å². The van der Waals surface area contributed by atoms with Gasteiger partial charge in [0.2, 0.25) is 0 Å². The summed E-state index contributed by atoms with van der Waals surface area (Å²) in [5, 5.41) is 12.1. The lowest BCUT2D eigenvalue weighted by atomic mass is 9.71. The van der Waals surface area contributed by atoms with E-state index in [-0.39, 0.29) is 45.8 Å². The summed E-state index contributed by atoms with van der Waals surface area (Å²) in [7, 11) is -26.6. The molecule has 7 N–H and O–H groups in total. The van der Waals surface area contributed by atoms with Crippen LogP contribution < -0.4 is 26.4 Å². The monoisotopic (exact) mass is 1640 g/mol. The zero-order chi connectivity index (χ0) is 81.6. The van der Waals surface area contributed by atoms with E-state index < -0.39 is 105 Å². The Labute approximate surface area is 661 Å². The van der Waals surface area contributed by atoms with Gasteiger partial charge in [0, 0.05) is 35.5 Å². The molecule has 0 bridgehead atoms. The maximum atomic E-state index is 12.6. The summed E-state index contributed by atoms with van der Waals surface area (Å²) in [6.07, 6.45) is 5.72. The highest BCUT2D eigenvalue weighted by Crippen LogP contribution is 2.48. The van der Waals surface area contributed by atoms with Gasteiger partial charge in [-0.2, -0.15) is 33.7 Å². The zero-order valence-corrected chi connectivity index (χ0v) is 67.2. The second kappa shape index (κ2) is 36.9. The maximum absolute atomic E-state index is 12.6. The number of hydrogen-bond acceptors (Lipinski definition) is 17. The van der Waals surface area contributed by atoms with Crippen LogP contribution in [-0.4, -0.2) is 84.9 Å². The van der Waals surface area contributed by atoms with Crippen LogP contribution in [0.2, 0.25) is 0 Å². The summed E-state index contributed by atoms with van der Waals surface area (Å²) in [5.74, 6) is -3.50. The molecular weight excluding hydrogens is 1560 g/mol. The minimum absolute atomic E-state index is 0.170. The van der Waals surface area contributed by atoms with Gasteiger partial charge in [0.1, 0.15) is 20.2 Å². The molecule has 592 valence electrons. The number of nitrogens with one attached hydrogen (secondary N) is 3. The molecule has 27 heteroatoms. The van der Waals surface area contributed by atoms with E-state index >= 15 is 0 Å². The molecule has 0 fully saturated rings. The fraction of sp³-hybridized carbons (Fsp3) is 0.209. The van der Waals surface area contributed by atoms with Crippen LogP contribution in [0.15, 0.2) is 296 Å². The average Bonchev–Trinajstić information content (AvgIpc) is 0.807. The van der Waals surface area contributed by atoms with Crippen LogP contribution in [-0.2, 0) is 60.7 Å². The van der Waals surface area contributed by atoms with Crippen molar-refractivity contribution in [1.29, 1.82) is 0 Å². The molecule has 0 radical (unpaired) electrons. The van der Waals surface area contributed by atoms with Crippen molar-refractivity contribution in [2.24, 2.45) is 0 Å². The van der Waals surface area contributed by atoms with Crippen molar-refractivity contribution in [3.8, 4) is 0 Å². The molecule has 7 atom stereocenters. The molecule has 21 nitrogen and oxygen atoms in total. The van der Waals surface area contributed by atoms with E-state index in [0.717, 1.165) is 49.9 Å². The topological polar surface area (TPSA) is 368 Å². The fourth-order valence-electron chi connectivity index (χ4n) is 14.2. The second-order valence-corrected chi connectivity index (χ2v) is 36.3. The maximum Gasteiger partial charge on any atom is 0.294 e. The first kappa shape index (κ1) is 85.4. The lowest BCUT2D eigenvalue weighted by molar-refractivity contribution is 0.386. The molecule has 11 aromatic carbocycles. The minimum atomic E-state index is -4.99. The van der Waals surface area contributed by atoms with Crippen LogP contribution in [0, 0.1) is 0 Å². The number of anilines is 5. The molecule has 0 amide bonds. The molecule has 0 heterocycles. The van der Waals surface area contributed by atoms with Crippen molar-refractivity contribution < 1.29 is 77.8 Å². The average molecular weight is 1640 g/mol. The molecule has 0 saturated carbocycles. The van der Waals surface area contributed by atoms with E-state index in [1.165, 1.54) is 84.9 Å². The lowest BCUT2D eigenvalue weighted by Crippen LogP contribution is -2.17. The van der Waals surface area contributed by atoms with Gasteiger partial charge in [-0.3, -0.25) is 18.2 Å². The van der Waals surface area contributed by atoms with Crippen molar-refractivity contribution >= 4 is 101 Å². The third kappa shape index (κ3) is 24.0. The normalized spacial score (nSPS) is 14.0. The summed E-state index contributed by atoms with van der Waals surface area (Å²) in [4.78, 5) is -2.45. The van der Waals surface area contributed by atoms with Gasteiger partial charge in [0.25, 0.3) is 40.5 Å².